The van der Waals surface area contributed by atoms with Crippen LogP contribution in [0.25, 0.3) is 0 Å². The van der Waals surface area contributed by atoms with Crippen molar-refractivity contribution in [1.29, 1.82) is 0 Å². The third-order valence-electron chi connectivity index (χ3n) is 3.61. The van der Waals surface area contributed by atoms with E-state index < -0.39 is 11.7 Å². The SMILES string of the molecule is CN=C(/C=C(\C)C(F)(F)F)c1ccc(OCc2ccc(Cl)cc2)cc1O. The van der Waals surface area contributed by atoms with Crippen molar-refractivity contribution in [2.24, 2.45) is 4.99 Å². The number of hydrogen-bond acceptors (Lipinski definition) is 3. The average molecular weight is 384 g/mol. The molecule has 26 heavy (non-hydrogen) atoms. The summed E-state index contributed by atoms with van der Waals surface area (Å²) in [5.74, 6) is 0.165. The van der Waals surface area contributed by atoms with Gasteiger partial charge in [-0.3, -0.25) is 4.99 Å². The average Bonchev–Trinajstić information content (AvgIpc) is 2.58. The second-order valence-corrected chi connectivity index (χ2v) is 5.96. The molecule has 138 valence electrons. The highest BCUT2D eigenvalue weighted by Gasteiger charge is 2.30. The van der Waals surface area contributed by atoms with Gasteiger partial charge in [0, 0.05) is 29.3 Å². The van der Waals surface area contributed by atoms with E-state index in [1.165, 1.54) is 19.2 Å². The van der Waals surface area contributed by atoms with Crippen molar-refractivity contribution in [2.75, 3.05) is 7.05 Å². The van der Waals surface area contributed by atoms with Crippen LogP contribution in [-0.4, -0.2) is 24.0 Å². The summed E-state index contributed by atoms with van der Waals surface area (Å²) in [7, 11) is 1.36. The molecule has 2 aromatic rings. The molecule has 1 N–H and O–H groups in total. The predicted molar refractivity (Wildman–Crippen MR) is 96.2 cm³/mol. The van der Waals surface area contributed by atoms with E-state index in [1.807, 2.05) is 12.1 Å². The molecule has 0 bridgehead atoms. The maximum Gasteiger partial charge on any atom is 0.412 e. The molecule has 0 aliphatic heterocycles. The molecule has 0 saturated carbocycles. The highest BCUT2D eigenvalue weighted by molar-refractivity contribution is 6.30. The largest absolute Gasteiger partial charge is 0.507 e. The lowest BCUT2D eigenvalue weighted by atomic mass is 10.1. The van der Waals surface area contributed by atoms with Gasteiger partial charge in [-0.1, -0.05) is 23.7 Å². The normalized spacial score (nSPS) is 13.0. The molecule has 0 amide bonds. The molecular weight excluding hydrogens is 367 g/mol. The maximum atomic E-state index is 12.7. The number of aliphatic imine (C=N–C) groups is 1. The first kappa shape index (κ1) is 19.8. The second kappa shape index (κ2) is 8.27. The van der Waals surface area contributed by atoms with Crippen molar-refractivity contribution in [3.05, 3.63) is 70.3 Å². The van der Waals surface area contributed by atoms with Gasteiger partial charge in [-0.2, -0.15) is 13.2 Å². The van der Waals surface area contributed by atoms with Gasteiger partial charge in [0.2, 0.25) is 0 Å². The third kappa shape index (κ3) is 5.26. The Morgan fingerprint density at radius 3 is 2.38 bits per heavy atom. The summed E-state index contributed by atoms with van der Waals surface area (Å²) in [4.78, 5) is 3.83. The van der Waals surface area contributed by atoms with Gasteiger partial charge in [0.05, 0.1) is 5.71 Å². The summed E-state index contributed by atoms with van der Waals surface area (Å²) < 4.78 is 43.7. The van der Waals surface area contributed by atoms with E-state index >= 15 is 0 Å². The maximum absolute atomic E-state index is 12.7. The summed E-state index contributed by atoms with van der Waals surface area (Å²) in [6, 6.07) is 11.5. The van der Waals surface area contributed by atoms with E-state index in [1.54, 1.807) is 18.2 Å². The number of rotatable bonds is 5. The van der Waals surface area contributed by atoms with Crippen molar-refractivity contribution in [1.82, 2.24) is 0 Å². The lowest BCUT2D eigenvalue weighted by Gasteiger charge is -2.11. The fourth-order valence-electron chi connectivity index (χ4n) is 2.11. The summed E-state index contributed by atoms with van der Waals surface area (Å²) in [6.07, 6.45) is -3.56. The Bertz CT molecular complexity index is 828. The minimum Gasteiger partial charge on any atom is -0.507 e. The number of phenols is 1. The van der Waals surface area contributed by atoms with Gasteiger partial charge < -0.3 is 9.84 Å². The zero-order valence-corrected chi connectivity index (χ0v) is 14.9. The van der Waals surface area contributed by atoms with Crippen molar-refractivity contribution in [3.8, 4) is 11.5 Å². The first-order chi connectivity index (χ1) is 12.2. The van der Waals surface area contributed by atoms with Crippen LogP contribution >= 0.6 is 11.6 Å². The van der Waals surface area contributed by atoms with Gasteiger partial charge in [-0.05, 0) is 42.8 Å². The van der Waals surface area contributed by atoms with E-state index in [-0.39, 0.29) is 23.6 Å². The second-order valence-electron chi connectivity index (χ2n) is 5.53. The van der Waals surface area contributed by atoms with E-state index in [4.69, 9.17) is 16.3 Å². The van der Waals surface area contributed by atoms with Gasteiger partial charge in [0.1, 0.15) is 18.1 Å². The molecule has 0 saturated heterocycles. The Morgan fingerprint density at radius 2 is 1.85 bits per heavy atom. The number of alkyl halides is 3. The number of nitrogens with zero attached hydrogens (tertiary/aromatic N) is 1. The molecule has 0 heterocycles. The molecule has 2 rings (SSSR count). The Labute approximate surface area is 154 Å². The zero-order valence-electron chi connectivity index (χ0n) is 14.1. The minimum absolute atomic E-state index is 0.0292. The first-order valence-corrected chi connectivity index (χ1v) is 8.01. The molecule has 0 spiro atoms. The molecule has 2 aromatic carbocycles. The fourth-order valence-corrected chi connectivity index (χ4v) is 2.24. The molecule has 0 aromatic heterocycles. The Balaban J connectivity index is 2.16. The number of aromatic hydroxyl groups is 1. The van der Waals surface area contributed by atoms with Crippen LogP contribution in [0.4, 0.5) is 13.2 Å². The lowest BCUT2D eigenvalue weighted by Crippen LogP contribution is -2.11. The standard InChI is InChI=1S/C19H17ClF3NO2/c1-12(19(21,22)23)9-17(24-2)16-8-7-15(10-18(16)25)26-11-13-3-5-14(20)6-4-13/h3-10,25H,11H2,1-2H3/b12-9+,24-17?. The molecule has 0 aliphatic rings. The van der Waals surface area contributed by atoms with E-state index in [9.17, 15) is 18.3 Å². The number of hydrogen-bond donors (Lipinski definition) is 1. The van der Waals surface area contributed by atoms with Gasteiger partial charge in [-0.25, -0.2) is 0 Å². The first-order valence-electron chi connectivity index (χ1n) is 7.63. The summed E-state index contributed by atoms with van der Waals surface area (Å²) in [5, 5.41) is 10.8. The van der Waals surface area contributed by atoms with Crippen LogP contribution in [-0.2, 0) is 6.61 Å². The Hall–Kier alpha value is -2.47. The number of benzene rings is 2. The van der Waals surface area contributed by atoms with Crippen LogP contribution in [0.5, 0.6) is 11.5 Å². The van der Waals surface area contributed by atoms with E-state index in [0.717, 1.165) is 18.6 Å². The zero-order chi connectivity index (χ0) is 19.3. The molecule has 0 unspecified atom stereocenters. The Morgan fingerprint density at radius 1 is 1.19 bits per heavy atom. The lowest BCUT2D eigenvalue weighted by molar-refractivity contribution is -0.0912. The van der Waals surface area contributed by atoms with Gasteiger partial charge in [-0.15, -0.1) is 0 Å². The van der Waals surface area contributed by atoms with Crippen LogP contribution in [0.15, 0.2) is 59.1 Å². The topological polar surface area (TPSA) is 41.8 Å². The fraction of sp³-hybridized carbons (Fsp3) is 0.211. The van der Waals surface area contributed by atoms with Crippen LogP contribution < -0.4 is 4.74 Å². The molecule has 0 atom stereocenters. The minimum atomic E-state index is -4.45. The highest BCUT2D eigenvalue weighted by Crippen LogP contribution is 2.29. The summed E-state index contributed by atoms with van der Waals surface area (Å²) in [5.41, 5.74) is 0.301. The van der Waals surface area contributed by atoms with E-state index in [0.29, 0.717) is 10.8 Å². The van der Waals surface area contributed by atoms with Crippen molar-refractivity contribution in [3.63, 3.8) is 0 Å². The van der Waals surface area contributed by atoms with Crippen LogP contribution in [0, 0.1) is 0 Å². The monoisotopic (exact) mass is 383 g/mol. The highest BCUT2D eigenvalue weighted by atomic mass is 35.5. The van der Waals surface area contributed by atoms with Crippen molar-refractivity contribution >= 4 is 17.3 Å². The summed E-state index contributed by atoms with van der Waals surface area (Å²) in [6.45, 7) is 1.21. The molecule has 3 nitrogen and oxygen atoms in total. The number of ether oxygens (including phenoxy) is 1. The van der Waals surface area contributed by atoms with Gasteiger partial charge in [0.15, 0.2) is 0 Å². The number of allylic oxidation sites excluding steroid dienone is 2. The van der Waals surface area contributed by atoms with Crippen LogP contribution in [0.2, 0.25) is 5.02 Å². The molecule has 0 fully saturated rings. The number of phenolic OH excluding ortho intramolecular Hbond substituents is 1. The summed E-state index contributed by atoms with van der Waals surface area (Å²) >= 11 is 5.81. The van der Waals surface area contributed by atoms with Crippen LogP contribution in [0.1, 0.15) is 18.1 Å². The smallest absolute Gasteiger partial charge is 0.412 e. The molecular formula is C19H17ClF3NO2. The van der Waals surface area contributed by atoms with E-state index in [2.05, 4.69) is 4.99 Å². The number of halogens is 4. The van der Waals surface area contributed by atoms with Crippen molar-refractivity contribution < 1.29 is 23.0 Å². The van der Waals surface area contributed by atoms with Gasteiger partial charge >= 0.3 is 6.18 Å². The van der Waals surface area contributed by atoms with Crippen molar-refractivity contribution in [2.45, 2.75) is 19.7 Å². The molecule has 0 aliphatic carbocycles. The van der Waals surface area contributed by atoms with Gasteiger partial charge in [0.25, 0.3) is 0 Å². The molecule has 0 radical (unpaired) electrons. The third-order valence-corrected chi connectivity index (χ3v) is 3.86. The predicted octanol–water partition coefficient (Wildman–Crippen LogP) is 5.55. The molecule has 7 heteroatoms. The van der Waals surface area contributed by atoms with Crippen LogP contribution in [0.3, 0.4) is 0 Å². The quantitative estimate of drug-likeness (QED) is 0.687. The Kier molecular flexibility index (Phi) is 6.32.